The lowest BCUT2D eigenvalue weighted by Gasteiger charge is -2.21. The van der Waals surface area contributed by atoms with Crippen LogP contribution in [0.4, 0.5) is 5.69 Å². The number of nitrogens with one attached hydrogen (secondary N) is 1. The molecule has 1 atom stereocenters. The quantitative estimate of drug-likeness (QED) is 0.341. The van der Waals surface area contributed by atoms with Gasteiger partial charge < -0.3 is 24.8 Å². The lowest BCUT2D eigenvalue weighted by Crippen LogP contribution is -2.34. The second kappa shape index (κ2) is 10.8. The number of carbonyl (C=O) groups excluding carboxylic acids is 1. The van der Waals surface area contributed by atoms with Crippen LogP contribution < -0.4 is 10.2 Å². The molecule has 0 aliphatic rings. The predicted molar refractivity (Wildman–Crippen MR) is 130 cm³/mol. The van der Waals surface area contributed by atoms with Crippen molar-refractivity contribution < 1.29 is 19.4 Å². The maximum atomic E-state index is 12.3. The van der Waals surface area contributed by atoms with E-state index in [0.29, 0.717) is 17.1 Å². The Morgan fingerprint density at radius 2 is 1.82 bits per heavy atom. The van der Waals surface area contributed by atoms with Gasteiger partial charge in [-0.25, -0.2) is 0 Å². The van der Waals surface area contributed by atoms with Gasteiger partial charge >= 0.3 is 0 Å². The number of benzene rings is 2. The first-order valence-electron chi connectivity index (χ1n) is 11.0. The zero-order chi connectivity index (χ0) is 24.0. The summed E-state index contributed by atoms with van der Waals surface area (Å²) in [5, 5.41) is 32.4. The Bertz CT molecular complexity index is 1200. The van der Waals surface area contributed by atoms with Crippen molar-refractivity contribution >= 4 is 27.9 Å². The number of aliphatic hydroxyl groups excluding tert-OH is 2. The van der Waals surface area contributed by atoms with Crippen LogP contribution in [0.5, 0.6) is 0 Å². The highest BCUT2D eigenvalue weighted by atomic mass is 16.3. The Labute approximate surface area is 193 Å². The summed E-state index contributed by atoms with van der Waals surface area (Å²) in [6.45, 7) is 7.19. The molecule has 1 amide bonds. The zero-order valence-electron chi connectivity index (χ0n) is 19.1. The fourth-order valence-electron chi connectivity index (χ4n) is 3.66. The minimum atomic E-state index is -1.08. The van der Waals surface area contributed by atoms with Crippen molar-refractivity contribution in [3.05, 3.63) is 59.9 Å². The van der Waals surface area contributed by atoms with Crippen LogP contribution in [0.2, 0.25) is 0 Å². The van der Waals surface area contributed by atoms with Gasteiger partial charge in [-0.15, -0.1) is 0 Å². The van der Waals surface area contributed by atoms with E-state index in [9.17, 15) is 15.2 Å². The van der Waals surface area contributed by atoms with Crippen LogP contribution in [0.25, 0.3) is 27.7 Å². The normalized spacial score (nSPS) is 12.7. The highest BCUT2D eigenvalue weighted by Gasteiger charge is 2.17. The molecule has 1 aromatic heterocycles. The molecule has 3 aromatic rings. The van der Waals surface area contributed by atoms with Crippen molar-refractivity contribution in [2.75, 3.05) is 31.1 Å². The molecule has 0 saturated carbocycles. The van der Waals surface area contributed by atoms with E-state index < -0.39 is 18.6 Å². The van der Waals surface area contributed by atoms with Gasteiger partial charge in [0, 0.05) is 36.5 Å². The number of hydrogen-bond donors (Lipinski definition) is 3. The van der Waals surface area contributed by atoms with Crippen LogP contribution in [0.1, 0.15) is 26.5 Å². The second-order valence-electron chi connectivity index (χ2n) is 7.74. The summed E-state index contributed by atoms with van der Waals surface area (Å²) in [6, 6.07) is 17.9. The fraction of sp³-hybridized carbons (Fsp3) is 0.308. The Balaban J connectivity index is 1.86. The first-order valence-corrected chi connectivity index (χ1v) is 11.0. The molecule has 0 bridgehead atoms. The lowest BCUT2D eigenvalue weighted by molar-refractivity contribution is -0.117. The number of furan rings is 1. The van der Waals surface area contributed by atoms with Gasteiger partial charge in [-0.1, -0.05) is 18.2 Å². The molecule has 1 unspecified atom stereocenters. The van der Waals surface area contributed by atoms with Crippen LogP contribution in [0, 0.1) is 11.3 Å². The molecule has 3 rings (SSSR count). The maximum absolute atomic E-state index is 12.3. The molecule has 3 N–H and O–H groups in total. The van der Waals surface area contributed by atoms with E-state index in [-0.39, 0.29) is 12.1 Å². The highest BCUT2D eigenvalue weighted by molar-refractivity contribution is 6.04. The van der Waals surface area contributed by atoms with E-state index in [1.165, 1.54) is 5.69 Å². The van der Waals surface area contributed by atoms with Crippen LogP contribution in [-0.4, -0.2) is 48.5 Å². The van der Waals surface area contributed by atoms with E-state index in [1.54, 1.807) is 13.0 Å². The largest absolute Gasteiger partial charge is 0.456 e. The van der Waals surface area contributed by atoms with Crippen molar-refractivity contribution in [2.45, 2.75) is 26.9 Å². The molecule has 0 radical (unpaired) electrons. The third-order valence-electron chi connectivity index (χ3n) is 5.64. The van der Waals surface area contributed by atoms with E-state index in [2.05, 4.69) is 54.4 Å². The molecule has 33 heavy (non-hydrogen) atoms. The molecule has 172 valence electrons. The molecule has 0 aliphatic carbocycles. The second-order valence-corrected chi connectivity index (χ2v) is 7.74. The van der Waals surface area contributed by atoms with Crippen LogP contribution in [0.15, 0.2) is 58.5 Å². The number of nitriles is 1. The summed E-state index contributed by atoms with van der Waals surface area (Å²) >= 11 is 0. The average Bonchev–Trinajstić information content (AvgIpc) is 3.33. The summed E-state index contributed by atoms with van der Waals surface area (Å²) < 4.78 is 5.97. The summed E-state index contributed by atoms with van der Waals surface area (Å²) in [5.74, 6) is 0.416. The van der Waals surface area contributed by atoms with Gasteiger partial charge in [-0.3, -0.25) is 4.79 Å². The molecule has 0 fully saturated rings. The standard InChI is InChI=1S/C26H29N3O4/c1-4-29(5-2)21-9-8-18-12-20(7-6-19(18)13-21)25-11-10-24(33-25)17(3)23(14-27)26(32)28-15-22(31)16-30/h6-13,22,30-31H,4-5,15-16H2,1-3H3,(H,28,32)/b23-17+. The van der Waals surface area contributed by atoms with E-state index in [0.717, 1.165) is 29.4 Å². The highest BCUT2D eigenvalue weighted by Crippen LogP contribution is 2.31. The molecule has 2 aromatic carbocycles. The minimum Gasteiger partial charge on any atom is -0.456 e. The first-order chi connectivity index (χ1) is 15.9. The number of fused-ring (bicyclic) bond motifs is 1. The minimum absolute atomic E-state index is 0.108. The van der Waals surface area contributed by atoms with Crippen LogP contribution in [0.3, 0.4) is 0 Å². The van der Waals surface area contributed by atoms with E-state index in [1.807, 2.05) is 18.2 Å². The monoisotopic (exact) mass is 447 g/mol. The number of anilines is 1. The van der Waals surface area contributed by atoms with Gasteiger partial charge in [0.15, 0.2) is 0 Å². The molecule has 7 nitrogen and oxygen atoms in total. The van der Waals surface area contributed by atoms with Gasteiger partial charge in [-0.05, 0) is 61.9 Å². The number of carbonyl (C=O) groups is 1. The van der Waals surface area contributed by atoms with Gasteiger partial charge in [-0.2, -0.15) is 5.26 Å². The van der Waals surface area contributed by atoms with E-state index >= 15 is 0 Å². The van der Waals surface area contributed by atoms with Crippen molar-refractivity contribution in [1.82, 2.24) is 5.32 Å². The first kappa shape index (κ1) is 24.1. The van der Waals surface area contributed by atoms with Gasteiger partial charge in [0.1, 0.15) is 23.2 Å². The molecule has 1 heterocycles. The molecule has 0 saturated heterocycles. The third-order valence-corrected chi connectivity index (χ3v) is 5.64. The molecule has 0 aliphatic heterocycles. The van der Waals surface area contributed by atoms with Crippen molar-refractivity contribution in [1.29, 1.82) is 5.26 Å². The summed E-state index contributed by atoms with van der Waals surface area (Å²) in [4.78, 5) is 14.6. The zero-order valence-corrected chi connectivity index (χ0v) is 19.1. The Hall–Kier alpha value is -3.60. The summed E-state index contributed by atoms with van der Waals surface area (Å²) in [6.07, 6.45) is -1.08. The van der Waals surface area contributed by atoms with Gasteiger partial charge in [0.05, 0.1) is 12.7 Å². The van der Waals surface area contributed by atoms with E-state index in [4.69, 9.17) is 9.52 Å². The Morgan fingerprint density at radius 1 is 1.12 bits per heavy atom. The smallest absolute Gasteiger partial charge is 0.262 e. The van der Waals surface area contributed by atoms with Crippen LogP contribution >= 0.6 is 0 Å². The molecule has 0 spiro atoms. The molecule has 7 heteroatoms. The number of hydrogen-bond acceptors (Lipinski definition) is 6. The molecular formula is C26H29N3O4. The van der Waals surface area contributed by atoms with Gasteiger partial charge in [0.2, 0.25) is 0 Å². The van der Waals surface area contributed by atoms with Crippen LogP contribution in [-0.2, 0) is 4.79 Å². The number of allylic oxidation sites excluding steroid dienone is 1. The van der Waals surface area contributed by atoms with Crippen molar-refractivity contribution in [3.63, 3.8) is 0 Å². The Kier molecular flexibility index (Phi) is 7.88. The Morgan fingerprint density at radius 3 is 2.48 bits per heavy atom. The van der Waals surface area contributed by atoms with Gasteiger partial charge in [0.25, 0.3) is 5.91 Å². The third kappa shape index (κ3) is 5.43. The number of rotatable bonds is 9. The number of aliphatic hydroxyl groups is 2. The SMILES string of the molecule is CCN(CC)c1ccc2cc(-c3ccc(/C(C)=C(\C#N)C(=O)NCC(O)CO)o3)ccc2c1. The summed E-state index contributed by atoms with van der Waals surface area (Å²) in [7, 11) is 0. The number of amides is 1. The fourth-order valence-corrected chi connectivity index (χ4v) is 3.66. The maximum Gasteiger partial charge on any atom is 0.262 e. The van der Waals surface area contributed by atoms with Crippen molar-refractivity contribution in [2.24, 2.45) is 0 Å². The topological polar surface area (TPSA) is 110 Å². The average molecular weight is 448 g/mol. The number of nitrogens with zero attached hydrogens (tertiary/aromatic N) is 2. The predicted octanol–water partition coefficient (Wildman–Crippen LogP) is 3.71. The lowest BCUT2D eigenvalue weighted by atomic mass is 10.0. The van der Waals surface area contributed by atoms with Crippen molar-refractivity contribution in [3.8, 4) is 17.4 Å². The molecular weight excluding hydrogens is 418 g/mol. The summed E-state index contributed by atoms with van der Waals surface area (Å²) in [5.41, 5.74) is 2.37.